The highest BCUT2D eigenvalue weighted by molar-refractivity contribution is 6.09. The minimum absolute atomic E-state index is 0.0876. The van der Waals surface area contributed by atoms with Gasteiger partial charge in [-0.1, -0.05) is 42.5 Å². The Labute approximate surface area is 193 Å². The topological polar surface area (TPSA) is 61.9 Å². The van der Waals surface area contributed by atoms with Gasteiger partial charge < -0.3 is 19.9 Å². The van der Waals surface area contributed by atoms with Gasteiger partial charge in [0.15, 0.2) is 0 Å². The lowest BCUT2D eigenvalue weighted by molar-refractivity contribution is 0.0303. The molecule has 2 aliphatic rings. The van der Waals surface area contributed by atoms with E-state index >= 15 is 0 Å². The van der Waals surface area contributed by atoms with Crippen LogP contribution in [0.3, 0.4) is 0 Å². The standard InChI is InChI=1S/C27H27N3O3/c31-26(28-24-7-3-2-6-23(24)27(32)29-15-17-33-18-16-29)22-11-9-20(10-12-22)19-30-14-13-21-5-1-4-8-25(21)30/h1-12H,13-19H2,(H,28,31). The first-order valence-corrected chi connectivity index (χ1v) is 11.4. The molecule has 0 saturated carbocycles. The first-order chi connectivity index (χ1) is 16.2. The van der Waals surface area contributed by atoms with Crippen LogP contribution in [-0.4, -0.2) is 49.6 Å². The highest BCUT2D eigenvalue weighted by Crippen LogP contribution is 2.29. The molecule has 6 nitrogen and oxygen atoms in total. The molecule has 2 heterocycles. The Morgan fingerprint density at radius 1 is 0.848 bits per heavy atom. The minimum Gasteiger partial charge on any atom is -0.378 e. The zero-order valence-electron chi connectivity index (χ0n) is 18.5. The highest BCUT2D eigenvalue weighted by atomic mass is 16.5. The predicted molar refractivity (Wildman–Crippen MR) is 129 cm³/mol. The lowest BCUT2D eigenvalue weighted by Gasteiger charge is -2.27. The van der Waals surface area contributed by atoms with E-state index in [-0.39, 0.29) is 11.8 Å². The maximum Gasteiger partial charge on any atom is 0.256 e. The van der Waals surface area contributed by atoms with Gasteiger partial charge in [-0.05, 0) is 47.9 Å². The Morgan fingerprint density at radius 2 is 1.58 bits per heavy atom. The Balaban J connectivity index is 1.26. The fraction of sp³-hybridized carbons (Fsp3) is 0.259. The van der Waals surface area contributed by atoms with Crippen molar-refractivity contribution in [3.05, 3.63) is 95.1 Å². The Kier molecular flexibility index (Phi) is 6.09. The molecule has 6 heteroatoms. The zero-order valence-corrected chi connectivity index (χ0v) is 18.5. The minimum atomic E-state index is -0.227. The maximum atomic E-state index is 12.9. The number of hydrogen-bond donors (Lipinski definition) is 1. The summed E-state index contributed by atoms with van der Waals surface area (Å²) in [5.41, 5.74) is 5.42. The number of nitrogens with one attached hydrogen (secondary N) is 1. The molecule has 3 aromatic carbocycles. The number of anilines is 2. The Bertz CT molecular complexity index is 1150. The smallest absolute Gasteiger partial charge is 0.256 e. The monoisotopic (exact) mass is 441 g/mol. The third kappa shape index (κ3) is 4.61. The van der Waals surface area contributed by atoms with Gasteiger partial charge in [0.05, 0.1) is 24.5 Å². The first-order valence-electron chi connectivity index (χ1n) is 11.4. The molecular weight excluding hydrogens is 414 g/mol. The molecule has 1 fully saturated rings. The van der Waals surface area contributed by atoms with Crippen molar-refractivity contribution in [3.8, 4) is 0 Å². The second kappa shape index (κ2) is 9.46. The molecule has 0 unspecified atom stereocenters. The van der Waals surface area contributed by atoms with Crippen molar-refractivity contribution in [2.75, 3.05) is 43.1 Å². The molecule has 1 N–H and O–H groups in total. The third-order valence-electron chi connectivity index (χ3n) is 6.28. The van der Waals surface area contributed by atoms with Crippen molar-refractivity contribution < 1.29 is 14.3 Å². The second-order valence-corrected chi connectivity index (χ2v) is 8.40. The number of benzene rings is 3. The van der Waals surface area contributed by atoms with Crippen LogP contribution < -0.4 is 10.2 Å². The lowest BCUT2D eigenvalue weighted by atomic mass is 10.1. The van der Waals surface area contributed by atoms with E-state index in [1.54, 1.807) is 17.0 Å². The Morgan fingerprint density at radius 3 is 2.39 bits per heavy atom. The van der Waals surface area contributed by atoms with Crippen LogP contribution in [0.5, 0.6) is 0 Å². The number of fused-ring (bicyclic) bond motifs is 1. The molecule has 0 aromatic heterocycles. The van der Waals surface area contributed by atoms with Crippen LogP contribution in [0, 0.1) is 0 Å². The summed E-state index contributed by atoms with van der Waals surface area (Å²) in [7, 11) is 0. The van der Waals surface area contributed by atoms with Crippen LogP contribution in [0.15, 0.2) is 72.8 Å². The number of carbonyl (C=O) groups excluding carboxylic acids is 2. The second-order valence-electron chi connectivity index (χ2n) is 8.40. The Hall–Kier alpha value is -3.64. The van der Waals surface area contributed by atoms with Crippen molar-refractivity contribution in [2.24, 2.45) is 0 Å². The number of carbonyl (C=O) groups is 2. The summed E-state index contributed by atoms with van der Waals surface area (Å²) in [5.74, 6) is -0.314. The summed E-state index contributed by atoms with van der Waals surface area (Å²) < 4.78 is 5.34. The van der Waals surface area contributed by atoms with E-state index in [4.69, 9.17) is 4.74 Å². The quantitative estimate of drug-likeness (QED) is 0.651. The number of para-hydroxylation sites is 2. The van der Waals surface area contributed by atoms with E-state index in [9.17, 15) is 9.59 Å². The largest absolute Gasteiger partial charge is 0.378 e. The molecule has 1 saturated heterocycles. The van der Waals surface area contributed by atoms with Crippen molar-refractivity contribution in [1.29, 1.82) is 0 Å². The summed E-state index contributed by atoms with van der Waals surface area (Å²) in [4.78, 5) is 30.0. The van der Waals surface area contributed by atoms with E-state index in [2.05, 4.69) is 34.5 Å². The van der Waals surface area contributed by atoms with Crippen LogP contribution in [-0.2, 0) is 17.7 Å². The van der Waals surface area contributed by atoms with Crippen LogP contribution in [0.2, 0.25) is 0 Å². The van der Waals surface area contributed by atoms with Crippen LogP contribution >= 0.6 is 0 Å². The van der Waals surface area contributed by atoms with Gasteiger partial charge in [0.2, 0.25) is 0 Å². The molecule has 33 heavy (non-hydrogen) atoms. The molecular formula is C27H27N3O3. The van der Waals surface area contributed by atoms with Crippen LogP contribution in [0.1, 0.15) is 31.8 Å². The van der Waals surface area contributed by atoms with Gasteiger partial charge in [0, 0.05) is 37.4 Å². The van der Waals surface area contributed by atoms with Gasteiger partial charge >= 0.3 is 0 Å². The summed E-state index contributed by atoms with van der Waals surface area (Å²) in [5, 5.41) is 2.92. The molecule has 0 atom stereocenters. The molecule has 5 rings (SSSR count). The van der Waals surface area contributed by atoms with E-state index in [0.29, 0.717) is 43.1 Å². The van der Waals surface area contributed by atoms with Gasteiger partial charge in [-0.25, -0.2) is 0 Å². The maximum absolute atomic E-state index is 12.9. The number of rotatable bonds is 5. The van der Waals surface area contributed by atoms with E-state index in [1.165, 1.54) is 11.3 Å². The highest BCUT2D eigenvalue weighted by Gasteiger charge is 2.22. The summed E-state index contributed by atoms with van der Waals surface area (Å²) in [6, 6.07) is 23.4. The molecule has 0 aliphatic carbocycles. The van der Waals surface area contributed by atoms with Crippen molar-refractivity contribution >= 4 is 23.2 Å². The summed E-state index contributed by atoms with van der Waals surface area (Å²) in [6.45, 7) is 4.02. The molecule has 0 radical (unpaired) electrons. The average molecular weight is 442 g/mol. The summed E-state index contributed by atoms with van der Waals surface area (Å²) >= 11 is 0. The number of nitrogens with zero attached hydrogens (tertiary/aromatic N) is 2. The number of ether oxygens (including phenoxy) is 1. The molecule has 2 amide bonds. The summed E-state index contributed by atoms with van der Waals surface area (Å²) in [6.07, 6.45) is 1.07. The van der Waals surface area contributed by atoms with E-state index < -0.39 is 0 Å². The number of hydrogen-bond acceptors (Lipinski definition) is 4. The third-order valence-corrected chi connectivity index (χ3v) is 6.28. The van der Waals surface area contributed by atoms with Gasteiger partial charge in [0.25, 0.3) is 11.8 Å². The van der Waals surface area contributed by atoms with Crippen molar-refractivity contribution in [3.63, 3.8) is 0 Å². The van der Waals surface area contributed by atoms with Crippen molar-refractivity contribution in [1.82, 2.24) is 4.90 Å². The zero-order chi connectivity index (χ0) is 22.6. The van der Waals surface area contributed by atoms with E-state index in [1.807, 2.05) is 36.4 Å². The lowest BCUT2D eigenvalue weighted by Crippen LogP contribution is -2.41. The van der Waals surface area contributed by atoms with E-state index in [0.717, 1.165) is 25.1 Å². The number of morpholine rings is 1. The molecule has 0 spiro atoms. The normalized spacial score (nSPS) is 15.3. The van der Waals surface area contributed by atoms with Crippen molar-refractivity contribution in [2.45, 2.75) is 13.0 Å². The number of amides is 2. The van der Waals surface area contributed by atoms with Crippen LogP contribution in [0.4, 0.5) is 11.4 Å². The van der Waals surface area contributed by atoms with Gasteiger partial charge in [0.1, 0.15) is 0 Å². The van der Waals surface area contributed by atoms with Gasteiger partial charge in [-0.2, -0.15) is 0 Å². The average Bonchev–Trinajstić information content (AvgIpc) is 3.28. The van der Waals surface area contributed by atoms with Gasteiger partial charge in [-0.3, -0.25) is 9.59 Å². The fourth-order valence-electron chi connectivity index (χ4n) is 4.46. The van der Waals surface area contributed by atoms with Crippen LogP contribution in [0.25, 0.3) is 0 Å². The van der Waals surface area contributed by atoms with Gasteiger partial charge in [-0.15, -0.1) is 0 Å². The molecule has 0 bridgehead atoms. The molecule has 2 aliphatic heterocycles. The predicted octanol–water partition coefficient (Wildman–Crippen LogP) is 3.97. The molecule has 3 aromatic rings. The SMILES string of the molecule is O=C(Nc1ccccc1C(=O)N1CCOCC1)c1ccc(CN2CCc3ccccc32)cc1. The first kappa shape index (κ1) is 21.2. The molecule has 168 valence electrons. The fourth-order valence-corrected chi connectivity index (χ4v) is 4.46.